The Morgan fingerprint density at radius 3 is 2.57 bits per heavy atom. The molecule has 0 saturated carbocycles. The number of halogens is 1. The molecule has 2 heterocycles. The summed E-state index contributed by atoms with van der Waals surface area (Å²) in [5.74, 6) is 1.26. The zero-order valence-electron chi connectivity index (χ0n) is 18.2. The highest BCUT2D eigenvalue weighted by atomic mass is 35.5. The summed E-state index contributed by atoms with van der Waals surface area (Å²) in [6, 6.07) is 5.79. The van der Waals surface area contributed by atoms with Gasteiger partial charge in [-0.15, -0.1) is 0 Å². The lowest BCUT2D eigenvalue weighted by molar-refractivity contribution is -0.428. The van der Waals surface area contributed by atoms with E-state index in [1.54, 1.807) is 20.3 Å². The molecular formula is C24H29ClN3O2+. The monoisotopic (exact) mass is 426 g/mol. The summed E-state index contributed by atoms with van der Waals surface area (Å²) in [6.07, 6.45) is 11.1. The molecule has 158 valence electrons. The van der Waals surface area contributed by atoms with Crippen molar-refractivity contribution in [2.45, 2.75) is 13.3 Å². The minimum atomic E-state index is 0.593. The van der Waals surface area contributed by atoms with Gasteiger partial charge in [0.15, 0.2) is 17.7 Å². The lowest BCUT2D eigenvalue weighted by Gasteiger charge is -2.12. The molecule has 0 radical (unpaired) electrons. The van der Waals surface area contributed by atoms with Gasteiger partial charge in [0.25, 0.3) is 0 Å². The molecule has 30 heavy (non-hydrogen) atoms. The van der Waals surface area contributed by atoms with Crippen molar-refractivity contribution in [3.63, 3.8) is 0 Å². The number of methoxy groups -OCH3 is 2. The van der Waals surface area contributed by atoms with Crippen molar-refractivity contribution < 1.29 is 14.0 Å². The molecule has 5 nitrogen and oxygen atoms in total. The Morgan fingerprint density at radius 1 is 1.20 bits per heavy atom. The first kappa shape index (κ1) is 21.9. The van der Waals surface area contributed by atoms with Gasteiger partial charge in [0, 0.05) is 47.1 Å². The molecule has 1 aliphatic rings. The van der Waals surface area contributed by atoms with Crippen molar-refractivity contribution in [3.8, 4) is 11.5 Å². The Bertz CT molecular complexity index is 1070. The van der Waals surface area contributed by atoms with Gasteiger partial charge >= 0.3 is 0 Å². The summed E-state index contributed by atoms with van der Waals surface area (Å²) >= 11 is 6.26. The van der Waals surface area contributed by atoms with E-state index in [1.807, 2.05) is 12.1 Å². The molecular weight excluding hydrogens is 398 g/mol. The lowest BCUT2D eigenvalue weighted by atomic mass is 10.0. The van der Waals surface area contributed by atoms with Crippen LogP contribution >= 0.6 is 11.6 Å². The Kier molecular flexibility index (Phi) is 6.85. The van der Waals surface area contributed by atoms with E-state index in [9.17, 15) is 0 Å². The van der Waals surface area contributed by atoms with Gasteiger partial charge < -0.3 is 19.8 Å². The van der Waals surface area contributed by atoms with Crippen molar-refractivity contribution in [2.24, 2.45) is 12.8 Å². The quantitative estimate of drug-likeness (QED) is 0.662. The molecule has 0 aliphatic carbocycles. The molecule has 0 amide bonds. The Morgan fingerprint density at radius 2 is 1.97 bits per heavy atom. The Hall–Kier alpha value is -2.76. The highest BCUT2D eigenvalue weighted by Crippen LogP contribution is 2.36. The molecule has 2 N–H and O–H groups in total. The molecule has 1 aromatic heterocycles. The molecule has 0 fully saturated rings. The largest absolute Gasteiger partial charge is 0.493 e. The van der Waals surface area contributed by atoms with Gasteiger partial charge in [0.2, 0.25) is 5.70 Å². The number of hydrogen-bond donors (Lipinski definition) is 1. The van der Waals surface area contributed by atoms with Crippen LogP contribution in [0.2, 0.25) is 5.02 Å². The number of ether oxygens (including phenoxy) is 2. The number of aromatic nitrogens is 1. The SMILES string of the molecule is COc1cc(Cl)cc(C=Cc2cc(C)c(C(CCN)=C3C=CC=[N+]3C)n2C)c1OC. The first-order valence-electron chi connectivity index (χ1n) is 9.85. The van der Waals surface area contributed by atoms with Crippen LogP contribution in [0.5, 0.6) is 11.5 Å². The van der Waals surface area contributed by atoms with Crippen LogP contribution in [0, 0.1) is 6.92 Å². The summed E-state index contributed by atoms with van der Waals surface area (Å²) in [5.41, 5.74) is 12.7. The summed E-state index contributed by atoms with van der Waals surface area (Å²) in [4.78, 5) is 0. The average molecular weight is 427 g/mol. The predicted molar refractivity (Wildman–Crippen MR) is 126 cm³/mol. The van der Waals surface area contributed by atoms with E-state index in [0.717, 1.165) is 17.7 Å². The lowest BCUT2D eigenvalue weighted by Crippen LogP contribution is -2.10. The molecule has 1 aromatic carbocycles. The number of nitrogens with two attached hydrogens (primary N) is 1. The molecule has 1 aliphatic heterocycles. The van der Waals surface area contributed by atoms with E-state index in [2.05, 4.69) is 60.7 Å². The van der Waals surface area contributed by atoms with Gasteiger partial charge in [-0.1, -0.05) is 11.6 Å². The minimum Gasteiger partial charge on any atom is -0.493 e. The molecule has 0 atom stereocenters. The van der Waals surface area contributed by atoms with Gasteiger partial charge in [-0.3, -0.25) is 0 Å². The fourth-order valence-corrected chi connectivity index (χ4v) is 4.14. The van der Waals surface area contributed by atoms with Gasteiger partial charge in [-0.25, -0.2) is 4.58 Å². The number of hydrogen-bond acceptors (Lipinski definition) is 3. The van der Waals surface area contributed by atoms with Gasteiger partial charge in [-0.2, -0.15) is 0 Å². The third-order valence-corrected chi connectivity index (χ3v) is 5.52. The second kappa shape index (κ2) is 9.37. The van der Waals surface area contributed by atoms with E-state index in [-0.39, 0.29) is 0 Å². The number of likely N-dealkylation sites (N-methyl/N-ethyl adjacent to an activating group) is 1. The molecule has 0 unspecified atom stereocenters. The molecule has 0 bridgehead atoms. The van der Waals surface area contributed by atoms with Crippen molar-refractivity contribution >= 4 is 35.5 Å². The van der Waals surface area contributed by atoms with E-state index >= 15 is 0 Å². The van der Waals surface area contributed by atoms with Crippen LogP contribution in [0.15, 0.2) is 36.0 Å². The smallest absolute Gasteiger partial charge is 0.210 e. The van der Waals surface area contributed by atoms with E-state index in [4.69, 9.17) is 26.8 Å². The summed E-state index contributed by atoms with van der Waals surface area (Å²) in [5, 5.41) is 0.596. The first-order valence-corrected chi connectivity index (χ1v) is 10.2. The van der Waals surface area contributed by atoms with Crippen molar-refractivity contribution in [3.05, 3.63) is 63.6 Å². The predicted octanol–water partition coefficient (Wildman–Crippen LogP) is 4.52. The second-order valence-electron chi connectivity index (χ2n) is 7.25. The number of nitrogens with zero attached hydrogens (tertiary/aromatic N) is 2. The maximum absolute atomic E-state index is 6.26. The molecule has 6 heteroatoms. The van der Waals surface area contributed by atoms with Gasteiger partial charge in [-0.05, 0) is 49.7 Å². The normalized spacial score (nSPS) is 15.1. The fourth-order valence-electron chi connectivity index (χ4n) is 3.93. The van der Waals surface area contributed by atoms with Crippen molar-refractivity contribution in [2.75, 3.05) is 27.8 Å². The number of allylic oxidation sites excluding steroid dienone is 2. The summed E-state index contributed by atoms with van der Waals surface area (Å²) in [6.45, 7) is 2.73. The first-order chi connectivity index (χ1) is 14.4. The maximum Gasteiger partial charge on any atom is 0.210 e. The highest BCUT2D eigenvalue weighted by Gasteiger charge is 2.22. The Balaban J connectivity index is 2.06. The third-order valence-electron chi connectivity index (χ3n) is 5.30. The highest BCUT2D eigenvalue weighted by molar-refractivity contribution is 6.31. The number of benzene rings is 1. The molecule has 0 spiro atoms. The number of rotatable bonds is 7. The van der Waals surface area contributed by atoms with Gasteiger partial charge in [0.05, 0.1) is 19.9 Å². The Labute approximate surface area is 183 Å². The maximum atomic E-state index is 6.26. The van der Waals surface area contributed by atoms with Crippen molar-refractivity contribution in [1.82, 2.24) is 4.57 Å². The molecule has 2 aromatic rings. The molecule has 3 rings (SSSR count). The van der Waals surface area contributed by atoms with E-state index in [0.29, 0.717) is 23.1 Å². The van der Waals surface area contributed by atoms with Crippen LogP contribution in [0.25, 0.3) is 17.7 Å². The zero-order valence-corrected chi connectivity index (χ0v) is 19.0. The topological polar surface area (TPSA) is 52.4 Å². The van der Waals surface area contributed by atoms with Crippen LogP contribution in [0.1, 0.15) is 28.9 Å². The average Bonchev–Trinajstić information content (AvgIpc) is 3.26. The second-order valence-corrected chi connectivity index (χ2v) is 7.68. The standard InChI is InChI=1S/C24H29ClN3O2/c1-16-13-19(9-8-17-14-18(25)15-22(29-4)24(17)30-5)28(3)23(16)20(10-11-26)21-7-6-12-27(21)2/h6-9,12-15H,10-11,26H2,1-5H3/q+1. The van der Waals surface area contributed by atoms with Crippen molar-refractivity contribution in [1.29, 1.82) is 0 Å². The minimum absolute atomic E-state index is 0.593. The molecule has 0 saturated heterocycles. The van der Waals surface area contributed by atoms with Crippen LogP contribution < -0.4 is 15.2 Å². The van der Waals surface area contributed by atoms with E-state index in [1.165, 1.54) is 22.5 Å². The number of aryl methyl sites for hydroxylation is 1. The zero-order chi connectivity index (χ0) is 21.8. The third kappa shape index (κ3) is 4.23. The van der Waals surface area contributed by atoms with E-state index < -0.39 is 0 Å². The van der Waals surface area contributed by atoms with Crippen LogP contribution in [-0.4, -0.2) is 43.2 Å². The summed E-state index contributed by atoms with van der Waals surface area (Å²) in [7, 11) is 7.37. The fraction of sp³-hybridized carbons (Fsp3) is 0.292. The van der Waals surface area contributed by atoms with Gasteiger partial charge in [0.1, 0.15) is 7.05 Å². The summed E-state index contributed by atoms with van der Waals surface area (Å²) < 4.78 is 15.3. The van der Waals surface area contributed by atoms with Crippen LogP contribution in [-0.2, 0) is 7.05 Å². The van der Waals surface area contributed by atoms with Crippen LogP contribution in [0.3, 0.4) is 0 Å². The van der Waals surface area contributed by atoms with Crippen LogP contribution in [0.4, 0.5) is 0 Å².